The number of nitrogens with zero attached hydrogens (tertiary/aromatic N) is 2. The first-order valence-corrected chi connectivity index (χ1v) is 13.6. The second kappa shape index (κ2) is 11.1. The third-order valence-electron chi connectivity index (χ3n) is 8.49. The van der Waals surface area contributed by atoms with E-state index in [1.165, 1.54) is 11.0 Å². The van der Waals surface area contributed by atoms with Crippen molar-refractivity contribution in [3.63, 3.8) is 0 Å². The topological polar surface area (TPSA) is 109 Å². The second-order valence-corrected chi connectivity index (χ2v) is 11.0. The van der Waals surface area contributed by atoms with Gasteiger partial charge in [-0.2, -0.15) is 0 Å². The SMILES string of the molecule is CN(C(=O)O)C1CCC(CC(=O)Nc2cc(-c3ccccc3F)c(-c3ccc(C4(N)CCC4)cc3)cn2)CC1. The van der Waals surface area contributed by atoms with Gasteiger partial charge in [-0.3, -0.25) is 4.79 Å². The molecule has 7 nitrogen and oxygen atoms in total. The number of rotatable bonds is 7. The van der Waals surface area contributed by atoms with E-state index in [1.54, 1.807) is 37.5 Å². The summed E-state index contributed by atoms with van der Waals surface area (Å²) >= 11 is 0. The second-order valence-electron chi connectivity index (χ2n) is 11.0. The molecule has 0 bridgehead atoms. The molecule has 4 N–H and O–H groups in total. The molecular formula is C31H35FN4O3. The van der Waals surface area contributed by atoms with Gasteiger partial charge >= 0.3 is 6.09 Å². The number of carboxylic acid groups (broad SMARTS) is 1. The minimum absolute atomic E-state index is 0.00230. The van der Waals surface area contributed by atoms with E-state index in [2.05, 4.69) is 10.3 Å². The fraction of sp³-hybridized carbons (Fsp3) is 0.387. The van der Waals surface area contributed by atoms with Crippen LogP contribution in [0.3, 0.4) is 0 Å². The highest BCUT2D eigenvalue weighted by Gasteiger charge is 2.34. The number of carbonyl (C=O) groups is 2. The van der Waals surface area contributed by atoms with Crippen molar-refractivity contribution in [2.45, 2.75) is 62.9 Å². The monoisotopic (exact) mass is 530 g/mol. The Morgan fingerprint density at radius 3 is 2.36 bits per heavy atom. The van der Waals surface area contributed by atoms with Gasteiger partial charge in [0.05, 0.1) is 0 Å². The van der Waals surface area contributed by atoms with Gasteiger partial charge < -0.3 is 21.1 Å². The third kappa shape index (κ3) is 5.81. The molecule has 2 aliphatic carbocycles. The van der Waals surface area contributed by atoms with Crippen LogP contribution in [0.1, 0.15) is 56.9 Å². The maximum absolute atomic E-state index is 14.9. The zero-order valence-electron chi connectivity index (χ0n) is 22.2. The first kappa shape index (κ1) is 26.8. The van der Waals surface area contributed by atoms with E-state index in [0.717, 1.165) is 61.6 Å². The number of carbonyl (C=O) groups excluding carboxylic acids is 1. The molecule has 8 heteroatoms. The lowest BCUT2D eigenvalue weighted by Crippen LogP contribution is -2.43. The minimum atomic E-state index is -0.922. The van der Waals surface area contributed by atoms with E-state index in [1.807, 2.05) is 24.3 Å². The Morgan fingerprint density at radius 1 is 1.05 bits per heavy atom. The van der Waals surface area contributed by atoms with Crippen LogP contribution in [0, 0.1) is 11.7 Å². The maximum Gasteiger partial charge on any atom is 0.407 e. The Morgan fingerprint density at radius 2 is 1.74 bits per heavy atom. The van der Waals surface area contributed by atoms with Crippen molar-refractivity contribution in [2.75, 3.05) is 12.4 Å². The van der Waals surface area contributed by atoms with Crippen LogP contribution in [0.15, 0.2) is 60.8 Å². The molecule has 0 atom stereocenters. The Balaban J connectivity index is 1.33. The molecule has 2 fully saturated rings. The average Bonchev–Trinajstić information content (AvgIpc) is 2.92. The highest BCUT2D eigenvalue weighted by molar-refractivity contribution is 5.92. The molecule has 0 radical (unpaired) electrons. The van der Waals surface area contributed by atoms with Gasteiger partial charge in [0.2, 0.25) is 5.91 Å². The lowest BCUT2D eigenvalue weighted by Gasteiger charge is -2.38. The van der Waals surface area contributed by atoms with Crippen LogP contribution in [-0.4, -0.2) is 40.1 Å². The van der Waals surface area contributed by atoms with Crippen molar-refractivity contribution in [2.24, 2.45) is 11.7 Å². The number of nitrogens with one attached hydrogen (secondary N) is 1. The summed E-state index contributed by atoms with van der Waals surface area (Å²) in [4.78, 5) is 30.0. The van der Waals surface area contributed by atoms with Crippen molar-refractivity contribution in [1.82, 2.24) is 9.88 Å². The fourth-order valence-corrected chi connectivity index (χ4v) is 5.83. The number of nitrogens with two attached hydrogens (primary N) is 1. The lowest BCUT2D eigenvalue weighted by atomic mass is 9.72. The molecule has 39 heavy (non-hydrogen) atoms. The van der Waals surface area contributed by atoms with Crippen molar-refractivity contribution < 1.29 is 19.1 Å². The van der Waals surface area contributed by atoms with Gasteiger partial charge in [0.15, 0.2) is 0 Å². The zero-order valence-corrected chi connectivity index (χ0v) is 22.2. The highest BCUT2D eigenvalue weighted by atomic mass is 19.1. The molecule has 2 aliphatic rings. The number of amides is 2. The van der Waals surface area contributed by atoms with E-state index in [0.29, 0.717) is 23.4 Å². The summed E-state index contributed by atoms with van der Waals surface area (Å²) < 4.78 is 14.9. The van der Waals surface area contributed by atoms with Gasteiger partial charge in [-0.25, -0.2) is 14.2 Å². The number of pyridine rings is 1. The van der Waals surface area contributed by atoms with Gasteiger partial charge in [0.1, 0.15) is 11.6 Å². The summed E-state index contributed by atoms with van der Waals surface area (Å²) in [7, 11) is 1.60. The summed E-state index contributed by atoms with van der Waals surface area (Å²) in [6, 6.07) is 16.4. The molecule has 3 aromatic rings. The Kier molecular flexibility index (Phi) is 7.66. The van der Waals surface area contributed by atoms with E-state index in [4.69, 9.17) is 5.73 Å². The quantitative estimate of drug-likeness (QED) is 0.328. The Bertz CT molecular complexity index is 1350. The number of hydrogen-bond donors (Lipinski definition) is 3. The smallest absolute Gasteiger partial charge is 0.407 e. The molecule has 1 aromatic heterocycles. The molecule has 0 aliphatic heterocycles. The standard InChI is InChI=1S/C31H35FN4O3/c1-36(30(38)39)23-13-7-20(8-14-23)17-29(37)35-28-18-25(24-5-2-3-6-27(24)32)26(19-34-28)21-9-11-22(12-10-21)31(33)15-4-16-31/h2-3,5-6,9-12,18-20,23H,4,7-8,13-17,33H2,1H3,(H,38,39)(H,34,35,37). The molecule has 0 spiro atoms. The minimum Gasteiger partial charge on any atom is -0.465 e. The zero-order chi connectivity index (χ0) is 27.6. The predicted octanol–water partition coefficient (Wildman–Crippen LogP) is 6.39. The van der Waals surface area contributed by atoms with Crippen LogP contribution >= 0.6 is 0 Å². The Labute approximate surface area is 228 Å². The van der Waals surface area contributed by atoms with Gasteiger partial charge in [-0.1, -0.05) is 42.5 Å². The van der Waals surface area contributed by atoms with E-state index >= 15 is 0 Å². The van der Waals surface area contributed by atoms with Crippen molar-refractivity contribution in [1.29, 1.82) is 0 Å². The lowest BCUT2D eigenvalue weighted by molar-refractivity contribution is -0.117. The van der Waals surface area contributed by atoms with Crippen LogP contribution in [0.4, 0.5) is 15.0 Å². The largest absolute Gasteiger partial charge is 0.465 e. The molecule has 2 saturated carbocycles. The summed E-state index contributed by atoms with van der Waals surface area (Å²) in [5.74, 6) is 0.0576. The molecule has 0 unspecified atom stereocenters. The summed E-state index contributed by atoms with van der Waals surface area (Å²) in [6.07, 6.45) is 7.26. The first-order chi connectivity index (χ1) is 18.7. The fourth-order valence-electron chi connectivity index (χ4n) is 5.83. The molecule has 2 amide bonds. The van der Waals surface area contributed by atoms with E-state index in [-0.39, 0.29) is 29.2 Å². The van der Waals surface area contributed by atoms with Crippen LogP contribution in [-0.2, 0) is 10.3 Å². The molecule has 5 rings (SSSR count). The Hall–Kier alpha value is -3.78. The van der Waals surface area contributed by atoms with Gasteiger partial charge in [-0.15, -0.1) is 0 Å². The number of hydrogen-bond acceptors (Lipinski definition) is 4. The maximum atomic E-state index is 14.9. The number of anilines is 1. The first-order valence-electron chi connectivity index (χ1n) is 13.6. The molecule has 2 aromatic carbocycles. The molecule has 0 saturated heterocycles. The van der Waals surface area contributed by atoms with E-state index in [9.17, 15) is 19.1 Å². The molecule has 204 valence electrons. The highest BCUT2D eigenvalue weighted by Crippen LogP contribution is 2.40. The normalized spacial score (nSPS) is 20.1. The predicted molar refractivity (Wildman–Crippen MR) is 150 cm³/mol. The third-order valence-corrected chi connectivity index (χ3v) is 8.49. The van der Waals surface area contributed by atoms with Crippen LogP contribution < -0.4 is 11.1 Å². The van der Waals surface area contributed by atoms with E-state index < -0.39 is 6.09 Å². The summed E-state index contributed by atoms with van der Waals surface area (Å²) in [6.45, 7) is 0. The number of benzene rings is 2. The van der Waals surface area contributed by atoms with Crippen molar-refractivity contribution in [3.8, 4) is 22.3 Å². The van der Waals surface area contributed by atoms with Gasteiger partial charge in [0.25, 0.3) is 0 Å². The molecular weight excluding hydrogens is 495 g/mol. The number of aromatic nitrogens is 1. The van der Waals surface area contributed by atoms with Gasteiger partial charge in [-0.05, 0) is 79.7 Å². The van der Waals surface area contributed by atoms with Crippen molar-refractivity contribution in [3.05, 3.63) is 72.2 Å². The number of halogens is 1. The molecule has 1 heterocycles. The summed E-state index contributed by atoms with van der Waals surface area (Å²) in [5, 5.41) is 12.1. The van der Waals surface area contributed by atoms with Crippen molar-refractivity contribution >= 4 is 17.8 Å². The van der Waals surface area contributed by atoms with Crippen LogP contribution in [0.2, 0.25) is 0 Å². The van der Waals surface area contributed by atoms with Gasteiger partial charge in [0, 0.05) is 42.4 Å². The summed E-state index contributed by atoms with van der Waals surface area (Å²) in [5.41, 5.74) is 10.1. The van der Waals surface area contributed by atoms with Crippen LogP contribution in [0.25, 0.3) is 22.3 Å². The average molecular weight is 531 g/mol. The van der Waals surface area contributed by atoms with Crippen LogP contribution in [0.5, 0.6) is 0 Å².